The molecule has 0 fully saturated rings. The monoisotopic (exact) mass is 672 g/mol. The Kier molecular flexibility index (Phi) is 9.77. The molecule has 0 aliphatic heterocycles. The van der Waals surface area contributed by atoms with Gasteiger partial charge in [0.15, 0.2) is 5.75 Å². The maximum absolute atomic E-state index is 13.4. The molecule has 0 aliphatic carbocycles. The Morgan fingerprint density at radius 3 is 2.21 bits per heavy atom. The van der Waals surface area contributed by atoms with Crippen LogP contribution in [0.1, 0.15) is 37.3 Å². The third-order valence-electron chi connectivity index (χ3n) is 7.06. The van der Waals surface area contributed by atoms with Crippen LogP contribution in [0.5, 0.6) is 17.4 Å². The van der Waals surface area contributed by atoms with E-state index >= 15 is 0 Å². The lowest BCUT2D eigenvalue weighted by atomic mass is 9.86. The van der Waals surface area contributed by atoms with Gasteiger partial charge in [0.05, 0.1) is 35.8 Å². The molecular weight excluding hydrogens is 637 g/mol. The molecule has 47 heavy (non-hydrogen) atoms. The van der Waals surface area contributed by atoms with Gasteiger partial charge in [0.25, 0.3) is 0 Å². The van der Waals surface area contributed by atoms with Crippen LogP contribution in [0.4, 0.5) is 27.8 Å². The minimum Gasteiger partial charge on any atom is -0.492 e. The first-order valence-corrected chi connectivity index (χ1v) is 17.0. The molecule has 0 saturated carbocycles. The Bertz CT molecular complexity index is 2020. The summed E-state index contributed by atoms with van der Waals surface area (Å²) >= 11 is 4.63. The highest BCUT2D eigenvalue weighted by molar-refractivity contribution is 7.92. The van der Waals surface area contributed by atoms with Gasteiger partial charge in [-0.05, 0) is 40.8 Å². The van der Waals surface area contributed by atoms with E-state index in [4.69, 9.17) is 9.47 Å². The number of nitrogens with zero attached hydrogens (tertiary/aromatic N) is 2. The second kappa shape index (κ2) is 13.8. The predicted molar refractivity (Wildman–Crippen MR) is 191 cm³/mol. The number of carbonyl (C=O) groups excluding carboxylic acids is 1. The molecule has 0 saturated heterocycles. The van der Waals surface area contributed by atoms with Gasteiger partial charge in [0.1, 0.15) is 5.75 Å². The smallest absolute Gasteiger partial charge is 0.323 e. The summed E-state index contributed by atoms with van der Waals surface area (Å²) in [5.74, 6) is 1.38. The van der Waals surface area contributed by atoms with Crippen molar-refractivity contribution in [3.8, 4) is 17.4 Å². The molecule has 4 N–H and O–H groups in total. The van der Waals surface area contributed by atoms with Gasteiger partial charge >= 0.3 is 6.03 Å². The van der Waals surface area contributed by atoms with E-state index in [1.165, 1.54) is 7.11 Å². The highest BCUT2D eigenvalue weighted by Crippen LogP contribution is 2.40. The summed E-state index contributed by atoms with van der Waals surface area (Å²) < 4.78 is 38.4. The number of urea groups is 1. The number of fused-ring (bicyclic) bond motifs is 1. The predicted octanol–water partition coefficient (Wildman–Crippen LogP) is 7.78. The molecule has 0 bridgehead atoms. The fourth-order valence-electron chi connectivity index (χ4n) is 4.82. The van der Waals surface area contributed by atoms with Crippen LogP contribution >= 0.6 is 12.6 Å². The first-order valence-electron chi connectivity index (χ1n) is 14.6. The molecule has 4 aromatic carbocycles. The highest BCUT2D eigenvalue weighted by atomic mass is 32.2. The van der Waals surface area contributed by atoms with Crippen molar-refractivity contribution in [2.75, 3.05) is 34.0 Å². The zero-order valence-electron chi connectivity index (χ0n) is 26.5. The number of ether oxygens (including phenoxy) is 2. The van der Waals surface area contributed by atoms with E-state index in [1.54, 1.807) is 36.5 Å². The molecule has 13 heteroatoms. The Labute approximate surface area is 279 Å². The highest BCUT2D eigenvalue weighted by Gasteiger charge is 2.22. The molecule has 2 amide bonds. The lowest BCUT2D eigenvalue weighted by Crippen LogP contribution is -2.22. The molecule has 1 atom stereocenters. The van der Waals surface area contributed by atoms with E-state index in [0.717, 1.165) is 28.2 Å². The number of sulfonamides is 1. The van der Waals surface area contributed by atoms with Gasteiger partial charge in [0.2, 0.25) is 21.9 Å². The zero-order chi connectivity index (χ0) is 33.8. The summed E-state index contributed by atoms with van der Waals surface area (Å²) in [6, 6.07) is 25.2. The normalized spacial score (nSPS) is 12.2. The standard InChI is InChI=1S/C34H36N6O5S2/c1-34(2,3)22-19-26(30(44-4)27(20-22)40-47(5,42)43)37-33(41)36-25-15-16-28(24-14-10-9-13-23(24)25)45-29-17-18-35-32(38-29)39-31(46)21-11-7-6-8-12-21/h6-20,31,40,46H,1-5H3,(H,35,38,39)(H2,36,37,41). The van der Waals surface area contributed by atoms with Crippen molar-refractivity contribution in [3.63, 3.8) is 0 Å². The molecule has 244 valence electrons. The molecular formula is C34H36N6O5S2. The summed E-state index contributed by atoms with van der Waals surface area (Å²) in [5, 5.41) is 10.0. The van der Waals surface area contributed by atoms with Crippen LogP contribution in [-0.4, -0.2) is 37.8 Å². The average molecular weight is 673 g/mol. The lowest BCUT2D eigenvalue weighted by molar-refractivity contribution is 0.262. The van der Waals surface area contributed by atoms with Crippen molar-refractivity contribution in [1.82, 2.24) is 9.97 Å². The number of benzene rings is 4. The number of carbonyl (C=O) groups is 1. The van der Waals surface area contributed by atoms with Crippen LogP contribution < -0.4 is 30.1 Å². The van der Waals surface area contributed by atoms with Crippen LogP contribution in [0, 0.1) is 0 Å². The number of nitrogens with one attached hydrogen (secondary N) is 4. The van der Waals surface area contributed by atoms with Gasteiger partial charge in [-0.3, -0.25) is 4.72 Å². The minimum absolute atomic E-state index is 0.180. The molecule has 5 rings (SSSR count). The van der Waals surface area contributed by atoms with Crippen molar-refractivity contribution in [2.24, 2.45) is 0 Å². The zero-order valence-corrected chi connectivity index (χ0v) is 28.2. The second-order valence-electron chi connectivity index (χ2n) is 11.7. The van der Waals surface area contributed by atoms with Gasteiger partial charge in [-0.15, -0.1) is 12.6 Å². The van der Waals surface area contributed by atoms with Crippen LogP contribution in [0.3, 0.4) is 0 Å². The number of rotatable bonds is 10. The summed E-state index contributed by atoms with van der Waals surface area (Å²) in [6.07, 6.45) is 2.65. The van der Waals surface area contributed by atoms with Crippen LogP contribution in [0.15, 0.2) is 91.1 Å². The van der Waals surface area contributed by atoms with Crippen LogP contribution in [0.2, 0.25) is 0 Å². The van der Waals surface area contributed by atoms with Gasteiger partial charge in [0, 0.05) is 23.0 Å². The maximum Gasteiger partial charge on any atom is 0.323 e. The molecule has 5 aromatic rings. The topological polar surface area (TPSA) is 144 Å². The van der Waals surface area contributed by atoms with E-state index in [2.05, 4.69) is 43.3 Å². The number of aromatic nitrogens is 2. The van der Waals surface area contributed by atoms with Gasteiger partial charge in [-0.25, -0.2) is 18.2 Å². The third kappa shape index (κ3) is 8.43. The van der Waals surface area contributed by atoms with Crippen LogP contribution in [0.25, 0.3) is 10.8 Å². The summed E-state index contributed by atoms with van der Waals surface area (Å²) in [7, 11) is -2.21. The van der Waals surface area contributed by atoms with Crippen molar-refractivity contribution in [1.29, 1.82) is 0 Å². The van der Waals surface area contributed by atoms with Crippen LogP contribution in [-0.2, 0) is 15.4 Å². The van der Waals surface area contributed by atoms with E-state index in [9.17, 15) is 13.2 Å². The van der Waals surface area contributed by atoms with Crippen molar-refractivity contribution in [3.05, 3.63) is 102 Å². The number of amides is 2. The Balaban J connectivity index is 1.38. The fraction of sp³-hybridized carbons (Fsp3) is 0.206. The van der Waals surface area contributed by atoms with Crippen molar-refractivity contribution < 1.29 is 22.7 Å². The Morgan fingerprint density at radius 1 is 0.872 bits per heavy atom. The third-order valence-corrected chi connectivity index (χ3v) is 8.08. The van der Waals surface area contributed by atoms with Gasteiger partial charge in [-0.2, -0.15) is 4.98 Å². The maximum atomic E-state index is 13.4. The molecule has 11 nitrogen and oxygen atoms in total. The van der Waals surface area contributed by atoms with Crippen molar-refractivity contribution >= 4 is 62.5 Å². The largest absolute Gasteiger partial charge is 0.492 e. The summed E-state index contributed by atoms with van der Waals surface area (Å²) in [6.45, 7) is 5.96. The number of methoxy groups -OCH3 is 1. The minimum atomic E-state index is -3.62. The molecule has 0 aliphatic rings. The van der Waals surface area contributed by atoms with Crippen molar-refractivity contribution in [2.45, 2.75) is 31.6 Å². The first-order chi connectivity index (χ1) is 22.3. The quantitative estimate of drug-likeness (QED) is 0.0748. The average Bonchev–Trinajstić information content (AvgIpc) is 3.01. The lowest BCUT2D eigenvalue weighted by Gasteiger charge is -2.24. The number of hydrogen-bond donors (Lipinski definition) is 5. The fourth-order valence-corrected chi connectivity index (χ4v) is 5.66. The van der Waals surface area contributed by atoms with E-state index in [-0.39, 0.29) is 22.2 Å². The molecule has 1 unspecified atom stereocenters. The molecule has 0 radical (unpaired) electrons. The number of thiol groups is 1. The van der Waals surface area contributed by atoms with E-state index < -0.39 is 16.1 Å². The Morgan fingerprint density at radius 2 is 1.53 bits per heavy atom. The Hall–Kier alpha value is -5.01. The summed E-state index contributed by atoms with van der Waals surface area (Å²) in [5.41, 5.74) is 2.46. The first kappa shape index (κ1) is 33.4. The van der Waals surface area contributed by atoms with E-state index in [0.29, 0.717) is 29.0 Å². The van der Waals surface area contributed by atoms with E-state index in [1.807, 2.05) is 75.4 Å². The van der Waals surface area contributed by atoms with Gasteiger partial charge in [-0.1, -0.05) is 75.4 Å². The second-order valence-corrected chi connectivity index (χ2v) is 14.0. The summed E-state index contributed by atoms with van der Waals surface area (Å²) in [4.78, 5) is 22.2. The number of anilines is 4. The van der Waals surface area contributed by atoms with Gasteiger partial charge < -0.3 is 25.4 Å². The molecule has 0 spiro atoms. The molecule has 1 heterocycles. The molecule has 1 aromatic heterocycles. The SMILES string of the molecule is COc1c(NC(=O)Nc2ccc(Oc3ccnc(NC(S)c4ccccc4)n3)c3ccccc23)cc(C(C)(C)C)cc1NS(C)(=O)=O. The number of hydrogen-bond acceptors (Lipinski definition) is 9.